The Morgan fingerprint density at radius 2 is 1.62 bits per heavy atom. The lowest BCUT2D eigenvalue weighted by Gasteiger charge is -2.29. The number of ether oxygens (including phenoxy) is 2. The molecular formula is C23H15Cl2N5O2. The summed E-state index contributed by atoms with van der Waals surface area (Å²) in [5.74, 6) is -0.638. The molecule has 9 heteroatoms. The molecule has 0 radical (unpaired) electrons. The minimum absolute atomic E-state index is 0.404. The van der Waals surface area contributed by atoms with Crippen LogP contribution in [0.3, 0.4) is 0 Å². The highest BCUT2D eigenvalue weighted by Gasteiger charge is 2.41. The maximum absolute atomic E-state index is 6.27. The molecule has 0 spiro atoms. The van der Waals surface area contributed by atoms with Crippen LogP contribution in [0.5, 0.6) is 0 Å². The summed E-state index contributed by atoms with van der Waals surface area (Å²) in [5.41, 5.74) is 4.08. The summed E-state index contributed by atoms with van der Waals surface area (Å²) < 4.78 is 14.0. The minimum atomic E-state index is -1.04. The second-order valence-corrected chi connectivity index (χ2v) is 8.29. The monoisotopic (exact) mass is 463 g/mol. The molecule has 5 aromatic rings. The van der Waals surface area contributed by atoms with Gasteiger partial charge in [0.1, 0.15) is 0 Å². The summed E-state index contributed by atoms with van der Waals surface area (Å²) in [4.78, 5) is 4.72. The zero-order chi connectivity index (χ0) is 21.7. The molecule has 1 saturated heterocycles. The number of benzene rings is 3. The van der Waals surface area contributed by atoms with E-state index in [-0.39, 0.29) is 0 Å². The molecule has 158 valence electrons. The van der Waals surface area contributed by atoms with Crippen molar-refractivity contribution in [3.05, 3.63) is 87.9 Å². The number of halogens is 2. The largest absolute Gasteiger partial charge is 0.340 e. The van der Waals surface area contributed by atoms with Crippen LogP contribution in [-0.4, -0.2) is 38.2 Å². The van der Waals surface area contributed by atoms with Crippen molar-refractivity contribution in [1.82, 2.24) is 25.0 Å². The van der Waals surface area contributed by atoms with Crippen LogP contribution in [0.15, 0.2) is 66.7 Å². The highest BCUT2D eigenvalue weighted by atomic mass is 35.5. The Morgan fingerprint density at radius 3 is 2.41 bits per heavy atom. The standard InChI is InChI=1S/C23H15Cl2N5O2/c24-17-7-4-15(5-8-17)23(31-10-11-32-23)16-6-9-20-19(13-16)21(14-2-1-3-18(25)12-14)26-22-27-28-29-30(20)22/h1-9,12-13H,10-11H2. The van der Waals surface area contributed by atoms with E-state index >= 15 is 0 Å². The second-order valence-electron chi connectivity index (χ2n) is 7.41. The quantitative estimate of drug-likeness (QED) is 0.379. The Hall–Kier alpha value is -3.10. The maximum Gasteiger partial charge on any atom is 0.274 e. The maximum atomic E-state index is 6.27. The fourth-order valence-corrected chi connectivity index (χ4v) is 4.44. The first kappa shape index (κ1) is 19.6. The third-order valence-corrected chi connectivity index (χ3v) is 6.03. The van der Waals surface area contributed by atoms with Gasteiger partial charge in [-0.05, 0) is 46.8 Å². The zero-order valence-corrected chi connectivity index (χ0v) is 18.1. The number of nitrogens with zero attached hydrogens (tertiary/aromatic N) is 5. The van der Waals surface area contributed by atoms with E-state index in [0.29, 0.717) is 29.0 Å². The SMILES string of the molecule is Clc1ccc(C2(c3ccc4c(c3)c(-c3cccc(Cl)c3)nc3nnnn34)OCCO2)cc1. The van der Waals surface area contributed by atoms with E-state index in [2.05, 4.69) is 15.5 Å². The van der Waals surface area contributed by atoms with Gasteiger partial charge in [-0.1, -0.05) is 58.6 Å². The van der Waals surface area contributed by atoms with Crippen LogP contribution in [0, 0.1) is 0 Å². The van der Waals surface area contributed by atoms with Crippen LogP contribution in [0.2, 0.25) is 10.0 Å². The van der Waals surface area contributed by atoms with E-state index < -0.39 is 5.79 Å². The Morgan fingerprint density at radius 1 is 0.844 bits per heavy atom. The van der Waals surface area contributed by atoms with Crippen molar-refractivity contribution in [2.45, 2.75) is 5.79 Å². The molecule has 0 atom stereocenters. The number of rotatable bonds is 3. The van der Waals surface area contributed by atoms with Crippen molar-refractivity contribution in [1.29, 1.82) is 0 Å². The molecule has 2 aromatic heterocycles. The molecule has 1 fully saturated rings. The topological polar surface area (TPSA) is 74.4 Å². The normalized spacial score (nSPS) is 15.6. The van der Waals surface area contributed by atoms with Crippen LogP contribution >= 0.6 is 23.2 Å². The van der Waals surface area contributed by atoms with Gasteiger partial charge >= 0.3 is 0 Å². The lowest BCUT2D eigenvalue weighted by molar-refractivity contribution is -0.129. The van der Waals surface area contributed by atoms with Gasteiger partial charge in [-0.25, -0.2) is 4.98 Å². The van der Waals surface area contributed by atoms with Crippen LogP contribution < -0.4 is 0 Å². The van der Waals surface area contributed by atoms with Crippen molar-refractivity contribution in [2.75, 3.05) is 13.2 Å². The molecule has 7 nitrogen and oxygen atoms in total. The summed E-state index contributed by atoms with van der Waals surface area (Å²) in [6.07, 6.45) is 0. The predicted molar refractivity (Wildman–Crippen MR) is 121 cm³/mol. The summed E-state index contributed by atoms with van der Waals surface area (Å²) in [6.45, 7) is 0.957. The molecule has 0 amide bonds. The molecule has 0 aliphatic carbocycles. The Balaban J connectivity index is 1.63. The molecule has 6 rings (SSSR count). The summed E-state index contributed by atoms with van der Waals surface area (Å²) in [6, 6.07) is 21.0. The highest BCUT2D eigenvalue weighted by molar-refractivity contribution is 6.31. The smallest absolute Gasteiger partial charge is 0.274 e. The Kier molecular flexibility index (Phi) is 4.58. The highest BCUT2D eigenvalue weighted by Crippen LogP contribution is 2.41. The number of hydrogen-bond acceptors (Lipinski definition) is 6. The molecule has 0 N–H and O–H groups in total. The molecule has 0 saturated carbocycles. The van der Waals surface area contributed by atoms with Gasteiger partial charge in [-0.2, -0.15) is 4.52 Å². The van der Waals surface area contributed by atoms with Crippen LogP contribution in [0.4, 0.5) is 0 Å². The predicted octanol–water partition coefficient (Wildman–Crippen LogP) is 4.89. The molecule has 0 bridgehead atoms. The first-order valence-corrected chi connectivity index (χ1v) is 10.7. The van der Waals surface area contributed by atoms with Crippen LogP contribution in [-0.2, 0) is 15.3 Å². The number of fused-ring (bicyclic) bond motifs is 3. The average molecular weight is 464 g/mol. The third-order valence-electron chi connectivity index (χ3n) is 5.54. The first-order chi connectivity index (χ1) is 15.6. The molecule has 3 aromatic carbocycles. The zero-order valence-electron chi connectivity index (χ0n) is 16.6. The van der Waals surface area contributed by atoms with Gasteiger partial charge < -0.3 is 9.47 Å². The molecule has 1 aliphatic rings. The van der Waals surface area contributed by atoms with Crippen molar-refractivity contribution in [3.63, 3.8) is 0 Å². The molecule has 3 heterocycles. The van der Waals surface area contributed by atoms with Gasteiger partial charge in [-0.15, -0.1) is 0 Å². The summed E-state index contributed by atoms with van der Waals surface area (Å²) in [5, 5.41) is 14.0. The number of hydrogen-bond donors (Lipinski definition) is 0. The van der Waals surface area contributed by atoms with Crippen molar-refractivity contribution in [2.24, 2.45) is 0 Å². The molecule has 32 heavy (non-hydrogen) atoms. The first-order valence-electron chi connectivity index (χ1n) is 9.96. The number of aromatic nitrogens is 5. The van der Waals surface area contributed by atoms with E-state index in [1.165, 1.54) is 0 Å². The van der Waals surface area contributed by atoms with Gasteiger partial charge in [0, 0.05) is 32.1 Å². The second kappa shape index (κ2) is 7.50. The van der Waals surface area contributed by atoms with Gasteiger partial charge in [0.15, 0.2) is 0 Å². The van der Waals surface area contributed by atoms with Gasteiger partial charge in [0.2, 0.25) is 5.79 Å². The molecule has 0 unspecified atom stereocenters. The average Bonchev–Trinajstić information content (AvgIpc) is 3.49. The third kappa shape index (κ3) is 3.05. The Labute approximate surface area is 192 Å². The van der Waals surface area contributed by atoms with E-state index in [0.717, 1.165) is 33.3 Å². The van der Waals surface area contributed by atoms with Gasteiger partial charge in [0.25, 0.3) is 5.78 Å². The van der Waals surface area contributed by atoms with Gasteiger partial charge in [0.05, 0.1) is 24.4 Å². The molecular weight excluding hydrogens is 449 g/mol. The van der Waals surface area contributed by atoms with Gasteiger partial charge in [-0.3, -0.25) is 0 Å². The van der Waals surface area contributed by atoms with E-state index in [9.17, 15) is 0 Å². The van der Waals surface area contributed by atoms with Crippen molar-refractivity contribution in [3.8, 4) is 11.3 Å². The Bertz CT molecular complexity index is 1460. The van der Waals surface area contributed by atoms with Crippen LogP contribution in [0.1, 0.15) is 11.1 Å². The minimum Gasteiger partial charge on any atom is -0.340 e. The fourth-order valence-electron chi connectivity index (χ4n) is 4.12. The summed E-state index contributed by atoms with van der Waals surface area (Å²) in [7, 11) is 0. The fraction of sp³-hybridized carbons (Fsp3) is 0.130. The van der Waals surface area contributed by atoms with Crippen LogP contribution in [0.25, 0.3) is 27.9 Å². The summed E-state index contributed by atoms with van der Waals surface area (Å²) >= 11 is 12.4. The van der Waals surface area contributed by atoms with E-state index in [1.54, 1.807) is 4.52 Å². The molecule has 1 aliphatic heterocycles. The lowest BCUT2D eigenvalue weighted by Crippen LogP contribution is -2.28. The number of tetrazole rings is 1. The van der Waals surface area contributed by atoms with E-state index in [4.69, 9.17) is 37.7 Å². The lowest BCUT2D eigenvalue weighted by atomic mass is 9.94. The van der Waals surface area contributed by atoms with Crippen molar-refractivity contribution < 1.29 is 9.47 Å². The van der Waals surface area contributed by atoms with Crippen molar-refractivity contribution >= 4 is 39.9 Å². The van der Waals surface area contributed by atoms with E-state index in [1.807, 2.05) is 66.7 Å².